The van der Waals surface area contributed by atoms with Crippen LogP contribution in [0, 0.1) is 18.6 Å². The minimum absolute atomic E-state index is 0.0212. The molecule has 0 spiro atoms. The van der Waals surface area contributed by atoms with E-state index in [9.17, 15) is 8.78 Å². The summed E-state index contributed by atoms with van der Waals surface area (Å²) in [6.07, 6.45) is 0. The van der Waals surface area contributed by atoms with Crippen LogP contribution in [0.1, 0.15) is 22.0 Å². The monoisotopic (exact) mass is 365 g/mol. The topological polar surface area (TPSA) is 12.0 Å². The fourth-order valence-electron chi connectivity index (χ4n) is 1.88. The van der Waals surface area contributed by atoms with Crippen molar-refractivity contribution in [3.8, 4) is 0 Å². The molecule has 102 valence electrons. The predicted octanol–water partition coefficient (Wildman–Crippen LogP) is 5.06. The van der Waals surface area contributed by atoms with Crippen LogP contribution < -0.4 is 5.32 Å². The summed E-state index contributed by atoms with van der Waals surface area (Å²) in [4.78, 5) is 0.753. The molecule has 1 atom stereocenters. The third-order valence-corrected chi connectivity index (χ3v) is 5.39. The molecule has 0 amide bonds. The van der Waals surface area contributed by atoms with Gasteiger partial charge in [-0.1, -0.05) is 17.7 Å². The predicted molar refractivity (Wildman–Crippen MR) is 79.0 cm³/mol. The quantitative estimate of drug-likeness (QED) is 0.800. The summed E-state index contributed by atoms with van der Waals surface area (Å²) in [5.74, 6) is -1.09. The second-order valence-corrected chi connectivity index (χ2v) is 6.89. The Morgan fingerprint density at radius 2 is 2.05 bits per heavy atom. The van der Waals surface area contributed by atoms with Gasteiger partial charge in [0.15, 0.2) is 0 Å². The SMILES string of the molecule is CNC(c1cc(Cl)c(Br)s1)c1c(F)ccc(C)c1F. The van der Waals surface area contributed by atoms with E-state index in [0.717, 1.165) is 8.66 Å². The lowest BCUT2D eigenvalue weighted by molar-refractivity contribution is 0.520. The van der Waals surface area contributed by atoms with Gasteiger partial charge in [0.1, 0.15) is 11.6 Å². The molecule has 0 fully saturated rings. The molecular formula is C13H11BrClF2NS. The summed E-state index contributed by atoms with van der Waals surface area (Å²) < 4.78 is 28.9. The number of halogens is 4. The summed E-state index contributed by atoms with van der Waals surface area (Å²) >= 11 is 10.6. The number of benzene rings is 1. The van der Waals surface area contributed by atoms with E-state index in [-0.39, 0.29) is 5.56 Å². The maximum atomic E-state index is 14.2. The smallest absolute Gasteiger partial charge is 0.134 e. The van der Waals surface area contributed by atoms with Crippen molar-refractivity contribution in [2.75, 3.05) is 7.05 Å². The summed E-state index contributed by atoms with van der Waals surface area (Å²) in [5.41, 5.74) is 0.436. The largest absolute Gasteiger partial charge is 0.308 e. The second kappa shape index (κ2) is 5.87. The van der Waals surface area contributed by atoms with Crippen LogP contribution in [-0.2, 0) is 0 Å². The molecule has 0 aliphatic rings. The minimum Gasteiger partial charge on any atom is -0.308 e. The van der Waals surface area contributed by atoms with Crippen molar-refractivity contribution in [1.29, 1.82) is 0 Å². The molecule has 0 saturated heterocycles. The molecule has 1 aromatic heterocycles. The molecule has 1 nitrogen and oxygen atoms in total. The first-order chi connectivity index (χ1) is 8.95. The van der Waals surface area contributed by atoms with Crippen LogP contribution in [0.25, 0.3) is 0 Å². The lowest BCUT2D eigenvalue weighted by atomic mass is 10.0. The maximum Gasteiger partial charge on any atom is 0.134 e. The summed E-state index contributed by atoms with van der Waals surface area (Å²) in [6.45, 7) is 1.61. The van der Waals surface area contributed by atoms with Crippen LogP contribution in [-0.4, -0.2) is 7.05 Å². The maximum absolute atomic E-state index is 14.2. The van der Waals surface area contributed by atoms with E-state index >= 15 is 0 Å². The number of hydrogen-bond donors (Lipinski definition) is 1. The number of aryl methyl sites for hydroxylation is 1. The lowest BCUT2D eigenvalue weighted by Crippen LogP contribution is -2.20. The van der Waals surface area contributed by atoms with Crippen molar-refractivity contribution in [2.45, 2.75) is 13.0 Å². The molecule has 2 rings (SSSR count). The Balaban J connectivity index is 2.57. The van der Waals surface area contributed by atoms with Crippen molar-refractivity contribution in [3.63, 3.8) is 0 Å². The highest BCUT2D eigenvalue weighted by molar-refractivity contribution is 9.11. The molecule has 1 heterocycles. The van der Waals surface area contributed by atoms with Crippen LogP contribution in [0.4, 0.5) is 8.78 Å². The Morgan fingerprint density at radius 3 is 2.58 bits per heavy atom. The molecule has 1 unspecified atom stereocenters. The Labute approximate surface area is 127 Å². The van der Waals surface area contributed by atoms with Gasteiger partial charge in [-0.3, -0.25) is 0 Å². The number of hydrogen-bond acceptors (Lipinski definition) is 2. The van der Waals surface area contributed by atoms with E-state index in [1.807, 2.05) is 0 Å². The molecular weight excluding hydrogens is 356 g/mol. The standard InChI is InChI=1S/C13H11BrClF2NS/c1-6-3-4-8(16)10(11(6)17)12(18-2)9-5-7(15)13(14)19-9/h3-5,12,18H,1-2H3. The number of thiophene rings is 1. The van der Waals surface area contributed by atoms with Gasteiger partial charge in [-0.05, 0) is 47.6 Å². The van der Waals surface area contributed by atoms with Gasteiger partial charge in [-0.15, -0.1) is 11.3 Å². The van der Waals surface area contributed by atoms with Crippen LogP contribution in [0.3, 0.4) is 0 Å². The van der Waals surface area contributed by atoms with Crippen molar-refractivity contribution >= 4 is 38.9 Å². The second-order valence-electron chi connectivity index (χ2n) is 4.08. The fraction of sp³-hybridized carbons (Fsp3) is 0.231. The number of rotatable bonds is 3. The minimum atomic E-state index is -0.567. The molecule has 0 radical (unpaired) electrons. The normalized spacial score (nSPS) is 12.7. The average molecular weight is 367 g/mol. The van der Waals surface area contributed by atoms with Crippen molar-refractivity contribution < 1.29 is 8.78 Å². The Bertz CT molecular complexity index is 595. The van der Waals surface area contributed by atoms with Crippen LogP contribution in [0.2, 0.25) is 5.02 Å². The van der Waals surface area contributed by atoms with Gasteiger partial charge in [0, 0.05) is 10.4 Å². The van der Waals surface area contributed by atoms with E-state index < -0.39 is 17.7 Å². The van der Waals surface area contributed by atoms with Gasteiger partial charge >= 0.3 is 0 Å². The van der Waals surface area contributed by atoms with Gasteiger partial charge < -0.3 is 5.32 Å². The average Bonchev–Trinajstić information content (AvgIpc) is 2.70. The highest BCUT2D eigenvalue weighted by atomic mass is 79.9. The Hall–Kier alpha value is -0.490. The molecule has 0 aliphatic carbocycles. The first-order valence-electron chi connectivity index (χ1n) is 5.52. The van der Waals surface area contributed by atoms with Crippen LogP contribution in [0.15, 0.2) is 22.0 Å². The molecule has 1 N–H and O–H groups in total. The van der Waals surface area contributed by atoms with Crippen molar-refractivity contribution in [1.82, 2.24) is 5.32 Å². The van der Waals surface area contributed by atoms with Gasteiger partial charge in [0.2, 0.25) is 0 Å². The van der Waals surface area contributed by atoms with Crippen molar-refractivity contribution in [2.24, 2.45) is 0 Å². The zero-order chi connectivity index (χ0) is 14.2. The Kier molecular flexibility index (Phi) is 4.61. The molecule has 1 aromatic carbocycles. The van der Waals surface area contributed by atoms with Gasteiger partial charge in [-0.25, -0.2) is 8.78 Å². The van der Waals surface area contributed by atoms with E-state index in [4.69, 9.17) is 11.6 Å². The van der Waals surface area contributed by atoms with Gasteiger partial charge in [-0.2, -0.15) is 0 Å². The summed E-state index contributed by atoms with van der Waals surface area (Å²) in [5, 5.41) is 3.47. The van der Waals surface area contributed by atoms with Crippen molar-refractivity contribution in [3.05, 3.63) is 54.6 Å². The van der Waals surface area contributed by atoms with E-state index in [1.165, 1.54) is 23.5 Å². The summed E-state index contributed by atoms with van der Waals surface area (Å²) in [6, 6.07) is 3.85. The highest BCUT2D eigenvalue weighted by Crippen LogP contribution is 2.38. The number of nitrogens with one attached hydrogen (secondary N) is 1. The third-order valence-electron chi connectivity index (χ3n) is 2.85. The zero-order valence-electron chi connectivity index (χ0n) is 10.2. The molecule has 2 aromatic rings. The fourth-order valence-corrected chi connectivity index (χ4v) is 3.74. The van der Waals surface area contributed by atoms with Crippen LogP contribution in [0.5, 0.6) is 0 Å². The first-order valence-corrected chi connectivity index (χ1v) is 7.51. The third kappa shape index (κ3) is 2.84. The molecule has 0 saturated carbocycles. The molecule has 6 heteroatoms. The van der Waals surface area contributed by atoms with E-state index in [0.29, 0.717) is 10.6 Å². The first kappa shape index (κ1) is 14.9. The van der Waals surface area contributed by atoms with E-state index in [2.05, 4.69) is 21.2 Å². The van der Waals surface area contributed by atoms with Gasteiger partial charge in [0.05, 0.1) is 14.9 Å². The molecule has 19 heavy (non-hydrogen) atoms. The molecule has 0 bridgehead atoms. The molecule has 0 aliphatic heterocycles. The zero-order valence-corrected chi connectivity index (χ0v) is 13.4. The van der Waals surface area contributed by atoms with Gasteiger partial charge in [0.25, 0.3) is 0 Å². The highest BCUT2D eigenvalue weighted by Gasteiger charge is 2.24. The summed E-state index contributed by atoms with van der Waals surface area (Å²) in [7, 11) is 1.66. The van der Waals surface area contributed by atoms with E-state index in [1.54, 1.807) is 20.0 Å². The Morgan fingerprint density at radius 1 is 1.37 bits per heavy atom. The lowest BCUT2D eigenvalue weighted by Gasteiger charge is -2.17. The van der Waals surface area contributed by atoms with Crippen LogP contribution >= 0.6 is 38.9 Å².